The number of halogens is 1. The molecule has 0 amide bonds. The molecule has 0 aliphatic carbocycles. The molecule has 7 heteroatoms. The zero-order valence-electron chi connectivity index (χ0n) is 3.72. The number of rotatable bonds is 0. The first-order chi connectivity index (χ1) is 2.00. The van der Waals surface area contributed by atoms with Gasteiger partial charge in [-0.05, 0) is 0 Å². The average Bonchev–Trinajstić information content (AvgIpc) is 0.722. The van der Waals surface area contributed by atoms with E-state index in [9.17, 15) is 0 Å². The predicted molar refractivity (Wildman–Crippen MR) is 0 cm³/mol. The van der Waals surface area contributed by atoms with Crippen molar-refractivity contribution in [1.82, 2.24) is 0 Å². The van der Waals surface area contributed by atoms with Gasteiger partial charge in [0.2, 0.25) is 0 Å². The summed E-state index contributed by atoms with van der Waals surface area (Å²) in [4.78, 5) is 0. The van der Waals surface area contributed by atoms with Crippen molar-refractivity contribution in [3.63, 3.8) is 0 Å². The second kappa shape index (κ2) is 6.51. The van der Waals surface area contributed by atoms with Crippen molar-refractivity contribution in [2.75, 3.05) is 0 Å². The summed E-state index contributed by atoms with van der Waals surface area (Å²) in [6.07, 6.45) is 0. The van der Waals surface area contributed by atoms with Gasteiger partial charge in [-0.3, -0.25) is 0 Å². The zero-order valence-corrected chi connectivity index (χ0v) is 10.6. The van der Waals surface area contributed by atoms with Crippen LogP contribution in [-0.4, -0.2) is 0 Å². The van der Waals surface area contributed by atoms with Gasteiger partial charge in [0.05, 0.1) is 0 Å². The van der Waals surface area contributed by atoms with E-state index in [0.717, 1.165) is 0 Å². The quantitative estimate of drug-likeness (QED) is 0.366. The summed E-state index contributed by atoms with van der Waals surface area (Å²) in [5.41, 5.74) is 0. The molecule has 0 rings (SSSR count). The van der Waals surface area contributed by atoms with Gasteiger partial charge in [0.1, 0.15) is 0 Å². The molecule has 0 aliphatic heterocycles. The third-order valence-corrected chi connectivity index (χ3v) is 0. The van der Waals surface area contributed by atoms with E-state index >= 15 is 0 Å². The van der Waals surface area contributed by atoms with Crippen LogP contribution < -0.4 is 70.0 Å². The molecule has 0 saturated carbocycles. The maximum absolute atomic E-state index is 8.49. The van der Waals surface area contributed by atoms with E-state index in [4.69, 9.17) is 18.6 Å². The minimum atomic E-state index is -4.94. The van der Waals surface area contributed by atoms with Crippen LogP contribution in [0.25, 0.3) is 0 Å². The van der Waals surface area contributed by atoms with Gasteiger partial charge in [-0.1, -0.05) is 0 Å². The van der Waals surface area contributed by atoms with Crippen LogP contribution in [0.15, 0.2) is 0 Å². The van der Waals surface area contributed by atoms with Crippen molar-refractivity contribution in [2.45, 2.75) is 0 Å². The van der Waals surface area contributed by atoms with Crippen LogP contribution in [0.3, 0.4) is 0 Å². The first-order valence-corrected chi connectivity index (χ1v) is 1.85. The summed E-state index contributed by atoms with van der Waals surface area (Å²) < 4.78 is 34.0. The maximum Gasteiger partial charge on any atom is 2.00 e. The second-order valence-electron chi connectivity index (χ2n) is 0.378. The van der Waals surface area contributed by atoms with Crippen molar-refractivity contribution in [3.8, 4) is 0 Å². The maximum atomic E-state index is 8.49. The SMILES string of the molecule is [K+].[O-][Cl+3]([O-])([O-])[O-].[Zn+2]. The van der Waals surface area contributed by atoms with Gasteiger partial charge in [0.25, 0.3) is 0 Å². The van der Waals surface area contributed by atoms with Gasteiger partial charge < -0.3 is 0 Å². The Morgan fingerprint density at radius 3 is 0.857 bits per heavy atom. The number of hydrogen-bond acceptors (Lipinski definition) is 4. The fourth-order valence-electron chi connectivity index (χ4n) is 0. The van der Waals surface area contributed by atoms with E-state index in [1.54, 1.807) is 0 Å². The standard InChI is InChI=1S/ClHO4.K.Zn/c2-1(3,4)5;;/h(H,2,3,4,5);;/q;+1;+2/p-1. The third-order valence-electron chi connectivity index (χ3n) is 0. The van der Waals surface area contributed by atoms with Gasteiger partial charge in [-0.2, -0.15) is 0 Å². The molecule has 0 aromatic rings. The van der Waals surface area contributed by atoms with E-state index in [-0.39, 0.29) is 70.9 Å². The van der Waals surface area contributed by atoms with Crippen LogP contribution in [0.2, 0.25) is 0 Å². The Morgan fingerprint density at radius 2 is 0.857 bits per heavy atom. The van der Waals surface area contributed by atoms with E-state index in [0.29, 0.717) is 0 Å². The van der Waals surface area contributed by atoms with Crippen molar-refractivity contribution in [2.24, 2.45) is 0 Å². The van der Waals surface area contributed by atoms with Crippen molar-refractivity contribution in [1.29, 1.82) is 0 Å². The molecule has 0 N–H and O–H groups in total. The van der Waals surface area contributed by atoms with Crippen LogP contribution in [0.4, 0.5) is 0 Å². The molecule has 32 valence electrons. The summed E-state index contributed by atoms with van der Waals surface area (Å²) in [5.74, 6) is 0. The molecule has 4 nitrogen and oxygen atoms in total. The van der Waals surface area contributed by atoms with Crippen LogP contribution >= 0.6 is 0 Å². The molecular formula is ClKO4Zn+2. The molecule has 0 radical (unpaired) electrons. The van der Waals surface area contributed by atoms with Gasteiger partial charge in [0, 0.05) is 0 Å². The first-order valence-electron chi connectivity index (χ1n) is 0.617. The van der Waals surface area contributed by atoms with E-state index in [1.807, 2.05) is 0 Å². The fourth-order valence-corrected chi connectivity index (χ4v) is 0. The molecule has 0 bridgehead atoms. The molecule has 0 saturated heterocycles. The van der Waals surface area contributed by atoms with Gasteiger partial charge >= 0.3 is 70.9 Å². The smallest absolute Gasteiger partial charge is 0.222 e. The van der Waals surface area contributed by atoms with Crippen LogP contribution in [-0.2, 0) is 19.5 Å². The Hall–Kier alpha value is 2.39. The normalized spacial score (nSPS) is 8.57. The monoisotopic (exact) mass is 202 g/mol. The molecule has 0 aromatic heterocycles. The topological polar surface area (TPSA) is 92.2 Å². The minimum Gasteiger partial charge on any atom is -0.222 e. The van der Waals surface area contributed by atoms with Gasteiger partial charge in [-0.25, -0.2) is 18.6 Å². The molecule has 0 aromatic carbocycles. The molecule has 0 atom stereocenters. The van der Waals surface area contributed by atoms with E-state index < -0.39 is 10.2 Å². The minimum absolute atomic E-state index is 0. The van der Waals surface area contributed by atoms with Gasteiger partial charge in [-0.15, -0.1) is 10.2 Å². The Bertz CT molecular complexity index is 27.2. The third kappa shape index (κ3) is 60.0. The Morgan fingerprint density at radius 1 is 0.857 bits per heavy atom. The van der Waals surface area contributed by atoms with Crippen molar-refractivity contribution in [3.05, 3.63) is 0 Å². The summed E-state index contributed by atoms with van der Waals surface area (Å²) in [7, 11) is -4.94. The predicted octanol–water partition coefficient (Wildman–Crippen LogP) is -7.75. The molecular weight excluding hydrogens is 204 g/mol. The molecule has 0 aliphatic rings. The first kappa shape index (κ1) is 16.2. The second-order valence-corrected chi connectivity index (χ2v) is 1.13. The molecule has 7 heavy (non-hydrogen) atoms. The van der Waals surface area contributed by atoms with Crippen molar-refractivity contribution >= 4 is 0 Å². The fraction of sp³-hybridized carbons (Fsp3) is 0. The molecule has 0 spiro atoms. The van der Waals surface area contributed by atoms with E-state index in [1.165, 1.54) is 0 Å². The largest absolute Gasteiger partial charge is 2.00 e. The summed E-state index contributed by atoms with van der Waals surface area (Å²) in [6.45, 7) is 0. The van der Waals surface area contributed by atoms with Gasteiger partial charge in [0.15, 0.2) is 0 Å². The Labute approximate surface area is 97.8 Å². The zero-order chi connectivity index (χ0) is 4.50. The van der Waals surface area contributed by atoms with Crippen LogP contribution in [0.5, 0.6) is 0 Å². The Kier molecular flexibility index (Phi) is 15.1. The number of hydrogen-bond donors (Lipinski definition) is 0. The summed E-state index contributed by atoms with van der Waals surface area (Å²) >= 11 is 0. The average molecular weight is 204 g/mol. The summed E-state index contributed by atoms with van der Waals surface area (Å²) in [6, 6.07) is 0. The molecule has 0 unspecified atom stereocenters. The van der Waals surface area contributed by atoms with Crippen LogP contribution in [0.1, 0.15) is 0 Å². The van der Waals surface area contributed by atoms with Crippen molar-refractivity contribution < 1.29 is 99.7 Å². The van der Waals surface area contributed by atoms with Crippen LogP contribution in [0, 0.1) is 10.2 Å². The Balaban J connectivity index is -0.0000000800. The molecule has 0 heterocycles. The van der Waals surface area contributed by atoms with E-state index in [2.05, 4.69) is 0 Å². The molecule has 0 fully saturated rings. The summed E-state index contributed by atoms with van der Waals surface area (Å²) in [5, 5.41) is 0.